The molecule has 2 aromatic rings. The summed E-state index contributed by atoms with van der Waals surface area (Å²) < 4.78 is 10.3. The van der Waals surface area contributed by atoms with E-state index < -0.39 is 0 Å². The van der Waals surface area contributed by atoms with Crippen molar-refractivity contribution in [1.29, 1.82) is 0 Å². The molecule has 0 aliphatic carbocycles. The van der Waals surface area contributed by atoms with Gasteiger partial charge in [-0.2, -0.15) is 0 Å². The lowest BCUT2D eigenvalue weighted by Crippen LogP contribution is -2.28. The summed E-state index contributed by atoms with van der Waals surface area (Å²) in [5, 5.41) is 13.3. The lowest BCUT2D eigenvalue weighted by atomic mass is 10.2. The highest BCUT2D eigenvalue weighted by Gasteiger charge is 2.05. The summed E-state index contributed by atoms with van der Waals surface area (Å²) in [6.07, 6.45) is -0.389. The van der Waals surface area contributed by atoms with Crippen LogP contribution in [0.3, 0.4) is 0 Å². The molecule has 0 amide bonds. The fourth-order valence-corrected chi connectivity index (χ4v) is 2.88. The molecule has 0 bridgehead atoms. The van der Waals surface area contributed by atoms with E-state index in [1.54, 1.807) is 26.0 Å². The third-order valence-electron chi connectivity index (χ3n) is 3.37. The van der Waals surface area contributed by atoms with Gasteiger partial charge < -0.3 is 19.9 Å². The van der Waals surface area contributed by atoms with Crippen LogP contribution in [-0.2, 0) is 6.54 Å². The molecular weight excluding hydrogens is 346 g/mol. The first kappa shape index (κ1) is 20.6. The highest BCUT2D eigenvalue weighted by atomic mass is 35.5. The molecule has 0 aliphatic heterocycles. The largest absolute Gasteiger partial charge is 0.497 e. The van der Waals surface area contributed by atoms with Crippen LogP contribution in [0.4, 0.5) is 0 Å². The second-order valence-electron chi connectivity index (χ2n) is 5.12. The standard InChI is InChI=1S/C18H23NO3S.ClH/c1-21-16-5-3-14(4-6-16)11-19-12-15(20)13-23-18-9-7-17(22-2)8-10-18;/h3-10,15,19-20H,11-13H2,1-2H3;1H. The molecule has 0 spiro atoms. The van der Waals surface area contributed by atoms with Gasteiger partial charge in [0, 0.05) is 23.7 Å². The van der Waals surface area contributed by atoms with Gasteiger partial charge in [-0.25, -0.2) is 0 Å². The number of hydrogen-bond donors (Lipinski definition) is 2. The molecule has 0 saturated carbocycles. The Bertz CT molecular complexity index is 578. The van der Waals surface area contributed by atoms with E-state index in [0.29, 0.717) is 12.3 Å². The highest BCUT2D eigenvalue weighted by molar-refractivity contribution is 7.99. The first-order valence-electron chi connectivity index (χ1n) is 7.50. The summed E-state index contributed by atoms with van der Waals surface area (Å²) in [4.78, 5) is 1.13. The summed E-state index contributed by atoms with van der Waals surface area (Å²) in [6, 6.07) is 15.8. The molecule has 0 saturated heterocycles. The monoisotopic (exact) mass is 369 g/mol. The molecule has 0 heterocycles. The molecule has 0 aliphatic rings. The second-order valence-corrected chi connectivity index (χ2v) is 6.21. The fraction of sp³-hybridized carbons (Fsp3) is 0.333. The van der Waals surface area contributed by atoms with Crippen molar-refractivity contribution in [3.8, 4) is 11.5 Å². The van der Waals surface area contributed by atoms with Gasteiger partial charge in [0.1, 0.15) is 11.5 Å². The van der Waals surface area contributed by atoms with Gasteiger partial charge in [-0.1, -0.05) is 12.1 Å². The predicted molar refractivity (Wildman–Crippen MR) is 102 cm³/mol. The number of aliphatic hydroxyl groups is 1. The Hall–Kier alpha value is -1.40. The van der Waals surface area contributed by atoms with E-state index in [1.165, 1.54) is 5.56 Å². The summed E-state index contributed by atoms with van der Waals surface area (Å²) in [5.74, 6) is 2.35. The normalized spacial score (nSPS) is 11.5. The molecule has 2 N–H and O–H groups in total. The third-order valence-corrected chi connectivity index (χ3v) is 4.53. The molecule has 2 aromatic carbocycles. The number of halogens is 1. The van der Waals surface area contributed by atoms with E-state index in [9.17, 15) is 5.11 Å². The van der Waals surface area contributed by atoms with Crippen LogP contribution in [0, 0.1) is 0 Å². The maximum atomic E-state index is 10.0. The van der Waals surface area contributed by atoms with Gasteiger partial charge in [0.05, 0.1) is 20.3 Å². The van der Waals surface area contributed by atoms with Crippen molar-refractivity contribution < 1.29 is 14.6 Å². The zero-order valence-electron chi connectivity index (χ0n) is 13.9. The number of nitrogens with one attached hydrogen (secondary N) is 1. The Morgan fingerprint density at radius 1 is 0.958 bits per heavy atom. The van der Waals surface area contributed by atoms with E-state index >= 15 is 0 Å². The minimum Gasteiger partial charge on any atom is -0.497 e. The molecule has 0 radical (unpaired) electrons. The third kappa shape index (κ3) is 7.01. The van der Waals surface area contributed by atoms with Crippen molar-refractivity contribution in [3.63, 3.8) is 0 Å². The van der Waals surface area contributed by atoms with Crippen molar-refractivity contribution in [2.24, 2.45) is 0 Å². The smallest absolute Gasteiger partial charge is 0.118 e. The quantitative estimate of drug-likeness (QED) is 0.664. The number of ether oxygens (including phenoxy) is 2. The van der Waals surface area contributed by atoms with Crippen LogP contribution in [0.15, 0.2) is 53.4 Å². The van der Waals surface area contributed by atoms with Crippen LogP contribution in [0.5, 0.6) is 11.5 Å². The first-order chi connectivity index (χ1) is 11.2. The van der Waals surface area contributed by atoms with Gasteiger partial charge in [0.2, 0.25) is 0 Å². The second kappa shape index (κ2) is 11.2. The van der Waals surface area contributed by atoms with Gasteiger partial charge in [-0.05, 0) is 42.0 Å². The molecule has 2 rings (SSSR count). The Morgan fingerprint density at radius 3 is 2.04 bits per heavy atom. The number of methoxy groups -OCH3 is 2. The molecule has 1 unspecified atom stereocenters. The van der Waals surface area contributed by atoms with E-state index in [4.69, 9.17) is 9.47 Å². The van der Waals surface area contributed by atoms with Gasteiger partial charge in [0.15, 0.2) is 0 Å². The van der Waals surface area contributed by atoms with E-state index in [-0.39, 0.29) is 18.5 Å². The molecule has 6 heteroatoms. The predicted octanol–water partition coefficient (Wildman–Crippen LogP) is 3.37. The van der Waals surface area contributed by atoms with Crippen molar-refractivity contribution in [2.75, 3.05) is 26.5 Å². The van der Waals surface area contributed by atoms with E-state index in [2.05, 4.69) is 5.32 Å². The SMILES string of the molecule is COc1ccc(CNCC(O)CSc2ccc(OC)cc2)cc1.Cl. The molecule has 0 fully saturated rings. The maximum absolute atomic E-state index is 10.0. The van der Waals surface area contributed by atoms with Crippen molar-refractivity contribution in [1.82, 2.24) is 5.32 Å². The first-order valence-corrected chi connectivity index (χ1v) is 8.48. The van der Waals surface area contributed by atoms with Crippen LogP contribution < -0.4 is 14.8 Å². The zero-order chi connectivity index (χ0) is 16.5. The fourth-order valence-electron chi connectivity index (χ4n) is 2.05. The zero-order valence-corrected chi connectivity index (χ0v) is 15.5. The Morgan fingerprint density at radius 2 is 1.50 bits per heavy atom. The molecule has 1 atom stereocenters. The van der Waals surface area contributed by atoms with E-state index in [1.807, 2.05) is 48.5 Å². The van der Waals surface area contributed by atoms with Crippen LogP contribution in [0.1, 0.15) is 5.56 Å². The van der Waals surface area contributed by atoms with Crippen molar-refractivity contribution in [3.05, 3.63) is 54.1 Å². The number of hydrogen-bond acceptors (Lipinski definition) is 5. The average Bonchev–Trinajstić information content (AvgIpc) is 2.61. The number of rotatable bonds is 9. The molecule has 24 heavy (non-hydrogen) atoms. The maximum Gasteiger partial charge on any atom is 0.118 e. The summed E-state index contributed by atoms with van der Waals surface area (Å²) >= 11 is 1.64. The van der Waals surface area contributed by atoms with Crippen LogP contribution >= 0.6 is 24.2 Å². The number of thioether (sulfide) groups is 1. The van der Waals surface area contributed by atoms with Gasteiger partial charge in [-0.3, -0.25) is 0 Å². The molecular formula is C18H24ClNO3S. The number of benzene rings is 2. The van der Waals surface area contributed by atoms with Crippen LogP contribution in [-0.4, -0.2) is 37.7 Å². The minimum absolute atomic E-state index is 0. The minimum atomic E-state index is -0.389. The summed E-state index contributed by atoms with van der Waals surface area (Å²) in [6.45, 7) is 1.30. The average molecular weight is 370 g/mol. The van der Waals surface area contributed by atoms with Crippen molar-refractivity contribution >= 4 is 24.2 Å². The summed E-state index contributed by atoms with van der Waals surface area (Å²) in [7, 11) is 3.31. The van der Waals surface area contributed by atoms with Crippen LogP contribution in [0.2, 0.25) is 0 Å². The molecule has 132 valence electrons. The van der Waals surface area contributed by atoms with Gasteiger partial charge in [0.25, 0.3) is 0 Å². The molecule has 4 nitrogen and oxygen atoms in total. The van der Waals surface area contributed by atoms with Crippen LogP contribution in [0.25, 0.3) is 0 Å². The van der Waals surface area contributed by atoms with Gasteiger partial charge >= 0.3 is 0 Å². The highest BCUT2D eigenvalue weighted by Crippen LogP contribution is 2.21. The lowest BCUT2D eigenvalue weighted by molar-refractivity contribution is 0.195. The Balaban J connectivity index is 0.00000288. The topological polar surface area (TPSA) is 50.7 Å². The lowest BCUT2D eigenvalue weighted by Gasteiger charge is -2.12. The Labute approximate surface area is 154 Å². The van der Waals surface area contributed by atoms with E-state index in [0.717, 1.165) is 22.9 Å². The molecule has 0 aromatic heterocycles. The van der Waals surface area contributed by atoms with Gasteiger partial charge in [-0.15, -0.1) is 24.2 Å². The summed E-state index contributed by atoms with van der Waals surface area (Å²) in [5.41, 5.74) is 1.17. The van der Waals surface area contributed by atoms with Crippen molar-refractivity contribution in [2.45, 2.75) is 17.5 Å². The number of aliphatic hydroxyl groups excluding tert-OH is 1. The Kier molecular flexibility index (Phi) is 9.64.